The number of methoxy groups -OCH3 is 1. The SMILES string of the molecule is COc1nscc1CN1CCC2(CCN(C(=O)c3ccon3)C2)C1. The maximum atomic E-state index is 12.4. The molecule has 0 aliphatic carbocycles. The number of nitrogens with zero attached hydrogens (tertiary/aromatic N) is 4. The molecule has 0 radical (unpaired) electrons. The van der Waals surface area contributed by atoms with E-state index >= 15 is 0 Å². The number of amides is 1. The van der Waals surface area contributed by atoms with E-state index < -0.39 is 0 Å². The minimum absolute atomic E-state index is 0.0252. The summed E-state index contributed by atoms with van der Waals surface area (Å²) in [5, 5.41) is 5.82. The second-order valence-electron chi connectivity index (χ2n) is 6.67. The summed E-state index contributed by atoms with van der Waals surface area (Å²) in [6.45, 7) is 4.51. The number of rotatable bonds is 4. The Balaban J connectivity index is 1.39. The zero-order chi connectivity index (χ0) is 16.6. The van der Waals surface area contributed by atoms with E-state index in [0.29, 0.717) is 5.69 Å². The average Bonchev–Trinajstić information content (AvgIpc) is 3.36. The van der Waals surface area contributed by atoms with Crippen molar-refractivity contribution < 1.29 is 14.1 Å². The number of hydrogen-bond acceptors (Lipinski definition) is 7. The smallest absolute Gasteiger partial charge is 0.276 e. The molecule has 2 aliphatic heterocycles. The van der Waals surface area contributed by atoms with Gasteiger partial charge in [-0.05, 0) is 30.9 Å². The van der Waals surface area contributed by atoms with Crippen LogP contribution in [0.25, 0.3) is 0 Å². The van der Waals surface area contributed by atoms with E-state index in [1.165, 1.54) is 17.8 Å². The van der Waals surface area contributed by atoms with Crippen molar-refractivity contribution >= 4 is 17.4 Å². The summed E-state index contributed by atoms with van der Waals surface area (Å²) >= 11 is 1.43. The van der Waals surface area contributed by atoms with Crippen molar-refractivity contribution in [2.45, 2.75) is 19.4 Å². The summed E-state index contributed by atoms with van der Waals surface area (Å²) in [7, 11) is 1.66. The summed E-state index contributed by atoms with van der Waals surface area (Å²) in [4.78, 5) is 16.8. The Bertz CT molecular complexity index is 717. The zero-order valence-corrected chi connectivity index (χ0v) is 14.4. The van der Waals surface area contributed by atoms with E-state index in [1.807, 2.05) is 4.90 Å². The summed E-state index contributed by atoms with van der Waals surface area (Å²) in [5.41, 5.74) is 1.75. The van der Waals surface area contributed by atoms with Crippen LogP contribution in [0.4, 0.5) is 0 Å². The lowest BCUT2D eigenvalue weighted by Gasteiger charge is -2.24. The molecule has 8 heteroatoms. The molecule has 1 atom stereocenters. The molecule has 4 heterocycles. The van der Waals surface area contributed by atoms with Gasteiger partial charge in [0.05, 0.1) is 7.11 Å². The number of hydrogen-bond donors (Lipinski definition) is 0. The molecule has 1 spiro atoms. The number of carbonyl (C=O) groups is 1. The summed E-state index contributed by atoms with van der Waals surface area (Å²) in [6, 6.07) is 1.63. The Morgan fingerprint density at radius 1 is 1.42 bits per heavy atom. The van der Waals surface area contributed by atoms with E-state index in [1.54, 1.807) is 13.2 Å². The standard InChI is InChI=1S/C16H20N4O3S/c1-22-14-12(9-24-18-14)8-19-5-3-16(10-19)4-6-20(11-16)15(21)13-2-7-23-17-13/h2,7,9H,3-6,8,10-11H2,1H3. The van der Waals surface area contributed by atoms with Crippen LogP contribution in [0.3, 0.4) is 0 Å². The van der Waals surface area contributed by atoms with Crippen molar-refractivity contribution in [2.75, 3.05) is 33.3 Å². The normalized spacial score (nSPS) is 24.1. The fraction of sp³-hybridized carbons (Fsp3) is 0.562. The number of likely N-dealkylation sites (tertiary alicyclic amines) is 2. The molecule has 1 amide bonds. The molecule has 2 aliphatic rings. The van der Waals surface area contributed by atoms with Gasteiger partial charge in [0.25, 0.3) is 5.91 Å². The number of carbonyl (C=O) groups excluding carboxylic acids is 1. The zero-order valence-electron chi connectivity index (χ0n) is 13.6. The highest BCUT2D eigenvalue weighted by Gasteiger charge is 2.45. The topological polar surface area (TPSA) is 71.7 Å². The molecule has 4 rings (SSSR count). The highest BCUT2D eigenvalue weighted by molar-refractivity contribution is 7.03. The summed E-state index contributed by atoms with van der Waals surface area (Å²) in [5.74, 6) is 0.706. The number of ether oxygens (including phenoxy) is 1. The molecule has 0 bridgehead atoms. The van der Waals surface area contributed by atoms with Gasteiger partial charge in [-0.2, -0.15) is 4.37 Å². The monoisotopic (exact) mass is 348 g/mol. The van der Waals surface area contributed by atoms with Crippen LogP contribution in [0, 0.1) is 5.41 Å². The van der Waals surface area contributed by atoms with Crippen LogP contribution in [0.15, 0.2) is 22.2 Å². The van der Waals surface area contributed by atoms with Crippen molar-refractivity contribution in [1.29, 1.82) is 0 Å². The first-order valence-corrected chi connectivity index (χ1v) is 8.92. The van der Waals surface area contributed by atoms with Crippen molar-refractivity contribution in [2.24, 2.45) is 5.41 Å². The van der Waals surface area contributed by atoms with Crippen LogP contribution in [0.2, 0.25) is 0 Å². The molecule has 7 nitrogen and oxygen atoms in total. The maximum absolute atomic E-state index is 12.4. The highest BCUT2D eigenvalue weighted by Crippen LogP contribution is 2.40. The Hall–Kier alpha value is -1.93. The molecular weight excluding hydrogens is 328 g/mol. The van der Waals surface area contributed by atoms with E-state index in [4.69, 9.17) is 9.26 Å². The third-order valence-corrected chi connectivity index (χ3v) is 5.75. The van der Waals surface area contributed by atoms with E-state index in [0.717, 1.165) is 57.0 Å². The van der Waals surface area contributed by atoms with Crippen LogP contribution in [0.5, 0.6) is 5.88 Å². The first-order chi connectivity index (χ1) is 11.7. The minimum atomic E-state index is -0.0252. The third-order valence-electron chi connectivity index (χ3n) is 5.09. The van der Waals surface area contributed by atoms with Crippen molar-refractivity contribution in [3.8, 4) is 5.88 Å². The van der Waals surface area contributed by atoms with Crippen LogP contribution in [-0.4, -0.2) is 58.5 Å². The molecule has 24 heavy (non-hydrogen) atoms. The van der Waals surface area contributed by atoms with Gasteiger partial charge >= 0.3 is 0 Å². The van der Waals surface area contributed by atoms with Crippen LogP contribution >= 0.6 is 11.5 Å². The first-order valence-electron chi connectivity index (χ1n) is 8.08. The molecular formula is C16H20N4O3S. The largest absolute Gasteiger partial charge is 0.480 e. The van der Waals surface area contributed by atoms with Crippen molar-refractivity contribution in [3.05, 3.63) is 29.0 Å². The Morgan fingerprint density at radius 3 is 3.08 bits per heavy atom. The van der Waals surface area contributed by atoms with Crippen LogP contribution in [-0.2, 0) is 6.54 Å². The Morgan fingerprint density at radius 2 is 2.29 bits per heavy atom. The second kappa shape index (κ2) is 6.18. The number of aromatic nitrogens is 2. The molecule has 0 saturated carbocycles. The Kier molecular flexibility index (Phi) is 4.01. The highest BCUT2D eigenvalue weighted by atomic mass is 32.1. The average molecular weight is 348 g/mol. The molecule has 2 aromatic rings. The van der Waals surface area contributed by atoms with Gasteiger partial charge in [-0.1, -0.05) is 5.16 Å². The van der Waals surface area contributed by atoms with Crippen molar-refractivity contribution in [3.63, 3.8) is 0 Å². The van der Waals surface area contributed by atoms with Gasteiger partial charge < -0.3 is 14.2 Å². The third kappa shape index (κ3) is 2.80. The molecule has 128 valence electrons. The second-order valence-corrected chi connectivity index (χ2v) is 7.30. The predicted molar refractivity (Wildman–Crippen MR) is 88.0 cm³/mol. The fourth-order valence-corrected chi connectivity index (χ4v) is 4.49. The first kappa shape index (κ1) is 15.6. The lowest BCUT2D eigenvalue weighted by Crippen LogP contribution is -2.34. The van der Waals surface area contributed by atoms with E-state index in [9.17, 15) is 4.79 Å². The fourth-order valence-electron chi connectivity index (χ4n) is 3.85. The Labute approximate surface area is 144 Å². The minimum Gasteiger partial charge on any atom is -0.480 e. The molecule has 1 unspecified atom stereocenters. The lowest BCUT2D eigenvalue weighted by atomic mass is 9.86. The van der Waals surface area contributed by atoms with E-state index in [2.05, 4.69) is 19.8 Å². The van der Waals surface area contributed by atoms with Crippen LogP contribution in [0.1, 0.15) is 28.9 Å². The van der Waals surface area contributed by atoms with Gasteiger partial charge in [0, 0.05) is 48.6 Å². The predicted octanol–water partition coefficient (Wildman–Crippen LogP) is 1.88. The summed E-state index contributed by atoms with van der Waals surface area (Å²) in [6.07, 6.45) is 3.61. The lowest BCUT2D eigenvalue weighted by molar-refractivity contribution is 0.0762. The van der Waals surface area contributed by atoms with Crippen molar-refractivity contribution in [1.82, 2.24) is 19.3 Å². The quantitative estimate of drug-likeness (QED) is 0.840. The molecule has 2 aromatic heterocycles. The molecule has 2 fully saturated rings. The van der Waals surface area contributed by atoms with Gasteiger partial charge in [0.2, 0.25) is 5.88 Å². The van der Waals surface area contributed by atoms with Gasteiger partial charge in [-0.25, -0.2) is 0 Å². The van der Waals surface area contributed by atoms with Crippen LogP contribution < -0.4 is 4.74 Å². The van der Waals surface area contributed by atoms with Gasteiger partial charge in [0.1, 0.15) is 6.26 Å². The maximum Gasteiger partial charge on any atom is 0.276 e. The van der Waals surface area contributed by atoms with E-state index in [-0.39, 0.29) is 11.3 Å². The van der Waals surface area contributed by atoms with Gasteiger partial charge in [-0.15, -0.1) is 0 Å². The summed E-state index contributed by atoms with van der Waals surface area (Å²) < 4.78 is 14.3. The van der Waals surface area contributed by atoms with Gasteiger partial charge in [0.15, 0.2) is 5.69 Å². The molecule has 0 N–H and O–H groups in total. The van der Waals surface area contributed by atoms with Gasteiger partial charge in [-0.3, -0.25) is 9.69 Å². The molecule has 2 saturated heterocycles. The molecule has 0 aromatic carbocycles.